The minimum atomic E-state index is -1.68. The minimum Gasteiger partial charge on any atom is -0.465 e. The third kappa shape index (κ3) is 4.50. The number of hydrogen-bond acceptors (Lipinski definition) is 6. The Bertz CT molecular complexity index is 1170. The number of amides is 1. The number of carbonyl (C=O) groups excluding carboxylic acids is 2. The highest BCUT2D eigenvalue weighted by atomic mass is 19.1. The first-order valence-electron chi connectivity index (χ1n) is 10.7. The van der Waals surface area contributed by atoms with Crippen molar-refractivity contribution in [2.45, 2.75) is 18.1 Å². The second-order valence-electron chi connectivity index (χ2n) is 7.92. The molecule has 3 N–H and O–H groups in total. The van der Waals surface area contributed by atoms with Gasteiger partial charge in [0.05, 0.1) is 12.7 Å². The summed E-state index contributed by atoms with van der Waals surface area (Å²) in [5, 5.41) is 23.0. The predicted molar refractivity (Wildman–Crippen MR) is 122 cm³/mol. The molecule has 0 saturated carbocycles. The van der Waals surface area contributed by atoms with Crippen molar-refractivity contribution in [2.75, 3.05) is 20.3 Å². The second kappa shape index (κ2) is 10.0. The Balaban J connectivity index is 1.36. The smallest absolute Gasteiger partial charge is 0.407 e. The van der Waals surface area contributed by atoms with Crippen LogP contribution in [-0.4, -0.2) is 48.6 Å². The Morgan fingerprint density at radius 2 is 1.59 bits per heavy atom. The average Bonchev–Trinajstić information content (AvgIpc) is 3.19. The number of aliphatic hydroxyl groups excluding tert-OH is 2. The van der Waals surface area contributed by atoms with Gasteiger partial charge in [-0.15, -0.1) is 0 Å². The first kappa shape index (κ1) is 23.4. The molecule has 0 bridgehead atoms. The monoisotopic (exact) mass is 465 g/mol. The Labute approximate surface area is 195 Å². The molecule has 1 amide bonds. The number of methoxy groups -OCH3 is 1. The van der Waals surface area contributed by atoms with Gasteiger partial charge >= 0.3 is 12.1 Å². The lowest BCUT2D eigenvalue weighted by atomic mass is 9.98. The lowest BCUT2D eigenvalue weighted by molar-refractivity contribution is 0.0163. The summed E-state index contributed by atoms with van der Waals surface area (Å²) in [6.45, 7) is -0.298. The van der Waals surface area contributed by atoms with Gasteiger partial charge in [0.25, 0.3) is 0 Å². The number of fused-ring (bicyclic) bond motifs is 3. The normalized spacial score (nSPS) is 14.0. The number of ether oxygens (including phenoxy) is 2. The summed E-state index contributed by atoms with van der Waals surface area (Å²) >= 11 is 0. The van der Waals surface area contributed by atoms with Gasteiger partial charge in [0.1, 0.15) is 24.6 Å². The van der Waals surface area contributed by atoms with Gasteiger partial charge in [-0.05, 0) is 28.3 Å². The fourth-order valence-corrected chi connectivity index (χ4v) is 4.20. The molecule has 3 aromatic rings. The van der Waals surface area contributed by atoms with Crippen LogP contribution in [-0.2, 0) is 9.47 Å². The van der Waals surface area contributed by atoms with Crippen LogP contribution in [0.3, 0.4) is 0 Å². The molecular weight excluding hydrogens is 441 g/mol. The fraction of sp³-hybridized carbons (Fsp3) is 0.231. The zero-order valence-electron chi connectivity index (χ0n) is 18.4. The van der Waals surface area contributed by atoms with Gasteiger partial charge in [-0.2, -0.15) is 0 Å². The molecule has 0 heterocycles. The lowest BCUT2D eigenvalue weighted by Gasteiger charge is -2.20. The van der Waals surface area contributed by atoms with Crippen molar-refractivity contribution in [3.05, 3.63) is 94.8 Å². The van der Waals surface area contributed by atoms with Crippen molar-refractivity contribution in [1.29, 1.82) is 0 Å². The minimum absolute atomic E-state index is 0.0916. The number of benzene rings is 3. The molecule has 34 heavy (non-hydrogen) atoms. The number of halogens is 1. The zero-order chi connectivity index (χ0) is 24.2. The molecule has 0 fully saturated rings. The molecule has 1 aliphatic rings. The summed E-state index contributed by atoms with van der Waals surface area (Å²) in [7, 11) is 1.11. The van der Waals surface area contributed by atoms with E-state index in [4.69, 9.17) is 4.74 Å². The average molecular weight is 465 g/mol. The van der Waals surface area contributed by atoms with E-state index < -0.39 is 30.1 Å². The van der Waals surface area contributed by atoms with Crippen LogP contribution in [0.15, 0.2) is 66.7 Å². The van der Waals surface area contributed by atoms with Crippen LogP contribution >= 0.6 is 0 Å². The van der Waals surface area contributed by atoms with Gasteiger partial charge < -0.3 is 25.0 Å². The van der Waals surface area contributed by atoms with Crippen molar-refractivity contribution < 1.29 is 33.7 Å². The molecule has 0 radical (unpaired) electrons. The molecule has 2 unspecified atom stereocenters. The molecule has 3 aromatic carbocycles. The Morgan fingerprint density at radius 3 is 2.21 bits per heavy atom. The molecule has 2 atom stereocenters. The molecular formula is C26H24FNO6. The molecule has 0 aromatic heterocycles. The number of hydrogen-bond donors (Lipinski definition) is 3. The van der Waals surface area contributed by atoms with E-state index in [2.05, 4.69) is 10.1 Å². The predicted octanol–water partition coefficient (Wildman–Crippen LogP) is 3.55. The Morgan fingerprint density at radius 1 is 0.971 bits per heavy atom. The standard InChI is InChI=1S/C26H24FNO6/c1-33-25(31)20-12-6-11-19(23(20)27)24(30)22(29)13-28-26(32)34-14-21-17-9-4-2-7-15(17)16-8-3-5-10-18(16)21/h2-12,21-22,24,29-30H,13-14H2,1H3,(H,28,32). The van der Waals surface area contributed by atoms with E-state index in [1.807, 2.05) is 48.5 Å². The first-order valence-corrected chi connectivity index (χ1v) is 10.7. The molecule has 0 spiro atoms. The zero-order valence-corrected chi connectivity index (χ0v) is 18.4. The second-order valence-corrected chi connectivity index (χ2v) is 7.92. The van der Waals surface area contributed by atoms with Crippen molar-refractivity contribution in [1.82, 2.24) is 5.32 Å². The summed E-state index contributed by atoms with van der Waals surface area (Å²) < 4.78 is 24.5. The van der Waals surface area contributed by atoms with Crippen LogP contribution in [0.25, 0.3) is 11.1 Å². The summed E-state index contributed by atoms with van der Waals surface area (Å²) in [4.78, 5) is 23.9. The molecule has 7 nitrogen and oxygen atoms in total. The molecule has 0 aliphatic heterocycles. The van der Waals surface area contributed by atoms with Gasteiger partial charge in [-0.1, -0.05) is 60.7 Å². The lowest BCUT2D eigenvalue weighted by Crippen LogP contribution is -2.36. The summed E-state index contributed by atoms with van der Waals surface area (Å²) in [6, 6.07) is 19.6. The van der Waals surface area contributed by atoms with E-state index in [0.717, 1.165) is 29.4 Å². The number of carbonyl (C=O) groups is 2. The van der Waals surface area contributed by atoms with Crippen LogP contribution in [0.2, 0.25) is 0 Å². The Kier molecular flexibility index (Phi) is 6.90. The molecule has 176 valence electrons. The molecule has 0 saturated heterocycles. The topological polar surface area (TPSA) is 105 Å². The van der Waals surface area contributed by atoms with Crippen molar-refractivity contribution >= 4 is 12.1 Å². The van der Waals surface area contributed by atoms with E-state index in [-0.39, 0.29) is 30.2 Å². The van der Waals surface area contributed by atoms with Gasteiger partial charge in [-0.25, -0.2) is 14.0 Å². The number of aliphatic hydroxyl groups is 2. The fourth-order valence-electron chi connectivity index (χ4n) is 4.20. The number of rotatable bonds is 7. The van der Waals surface area contributed by atoms with E-state index in [9.17, 15) is 24.2 Å². The van der Waals surface area contributed by atoms with Crippen LogP contribution in [0.4, 0.5) is 9.18 Å². The molecule has 1 aliphatic carbocycles. The maximum absolute atomic E-state index is 14.6. The number of esters is 1. The van der Waals surface area contributed by atoms with Crippen molar-refractivity contribution in [3.8, 4) is 11.1 Å². The van der Waals surface area contributed by atoms with Crippen molar-refractivity contribution in [2.24, 2.45) is 0 Å². The maximum atomic E-state index is 14.6. The summed E-state index contributed by atoms with van der Waals surface area (Å²) in [6.07, 6.45) is -4.00. The first-order chi connectivity index (χ1) is 16.4. The molecule has 8 heteroatoms. The largest absolute Gasteiger partial charge is 0.465 e. The van der Waals surface area contributed by atoms with E-state index in [1.165, 1.54) is 18.2 Å². The van der Waals surface area contributed by atoms with E-state index >= 15 is 0 Å². The quantitative estimate of drug-likeness (QED) is 0.461. The Hall–Kier alpha value is -3.75. The highest BCUT2D eigenvalue weighted by Crippen LogP contribution is 2.44. The summed E-state index contributed by atoms with van der Waals surface area (Å²) in [5.41, 5.74) is 3.67. The van der Waals surface area contributed by atoms with Crippen LogP contribution in [0.5, 0.6) is 0 Å². The SMILES string of the molecule is COC(=O)c1cccc(C(O)C(O)CNC(=O)OCC2c3ccccc3-c3ccccc32)c1F. The highest BCUT2D eigenvalue weighted by Gasteiger charge is 2.29. The maximum Gasteiger partial charge on any atom is 0.407 e. The number of nitrogens with one attached hydrogen (secondary N) is 1. The molecule has 4 rings (SSSR count). The van der Waals surface area contributed by atoms with Gasteiger partial charge in [0.15, 0.2) is 0 Å². The van der Waals surface area contributed by atoms with E-state index in [0.29, 0.717) is 0 Å². The number of alkyl carbamates (subject to hydrolysis) is 1. The summed E-state index contributed by atoms with van der Waals surface area (Å²) in [5.74, 6) is -2.02. The van der Waals surface area contributed by atoms with Gasteiger partial charge in [0.2, 0.25) is 0 Å². The van der Waals surface area contributed by atoms with Crippen LogP contribution < -0.4 is 5.32 Å². The highest BCUT2D eigenvalue weighted by molar-refractivity contribution is 5.89. The van der Waals surface area contributed by atoms with Gasteiger partial charge in [0, 0.05) is 18.0 Å². The third-order valence-electron chi connectivity index (χ3n) is 5.92. The van der Waals surface area contributed by atoms with E-state index in [1.54, 1.807) is 0 Å². The van der Waals surface area contributed by atoms with Crippen LogP contribution in [0, 0.1) is 5.82 Å². The third-order valence-corrected chi connectivity index (χ3v) is 5.92. The van der Waals surface area contributed by atoms with Crippen LogP contribution in [0.1, 0.15) is 39.1 Å². The van der Waals surface area contributed by atoms with Crippen molar-refractivity contribution in [3.63, 3.8) is 0 Å². The van der Waals surface area contributed by atoms with Gasteiger partial charge in [-0.3, -0.25) is 0 Å².